The van der Waals surface area contributed by atoms with Crippen LogP contribution in [0.2, 0.25) is 0 Å². The molecular formula is C11H9ClN2OS. The predicted molar refractivity (Wildman–Crippen MR) is 65.1 cm³/mol. The summed E-state index contributed by atoms with van der Waals surface area (Å²) in [6.07, 6.45) is 1.73. The van der Waals surface area contributed by atoms with Crippen LogP contribution in [0.3, 0.4) is 0 Å². The van der Waals surface area contributed by atoms with Crippen LogP contribution in [0.1, 0.15) is 16.1 Å². The van der Waals surface area contributed by atoms with E-state index in [2.05, 4.69) is 9.97 Å². The van der Waals surface area contributed by atoms with Crippen molar-refractivity contribution in [2.24, 2.45) is 0 Å². The summed E-state index contributed by atoms with van der Waals surface area (Å²) in [7, 11) is 0. The molecule has 3 nitrogen and oxygen atoms in total. The second kappa shape index (κ2) is 4.72. The van der Waals surface area contributed by atoms with Crippen LogP contribution in [0.5, 0.6) is 0 Å². The molecule has 0 spiro atoms. The summed E-state index contributed by atoms with van der Waals surface area (Å²) in [5, 5.41) is 2.46. The maximum atomic E-state index is 11.3. The molecule has 2 aromatic heterocycles. The Bertz CT molecular complexity index is 524. The molecule has 0 aliphatic heterocycles. The molecule has 0 amide bonds. The largest absolute Gasteiger partial charge is 0.291 e. The smallest absolute Gasteiger partial charge is 0.196 e. The van der Waals surface area contributed by atoms with Gasteiger partial charge in [0.25, 0.3) is 0 Å². The van der Waals surface area contributed by atoms with Crippen molar-refractivity contribution in [3.63, 3.8) is 0 Å². The average Bonchev–Trinajstić information content (AvgIpc) is 2.77. The Morgan fingerprint density at radius 1 is 1.56 bits per heavy atom. The summed E-state index contributed by atoms with van der Waals surface area (Å²) < 4.78 is 0. The van der Waals surface area contributed by atoms with E-state index in [0.717, 1.165) is 16.3 Å². The van der Waals surface area contributed by atoms with Gasteiger partial charge in [-0.15, -0.1) is 22.9 Å². The average molecular weight is 253 g/mol. The maximum absolute atomic E-state index is 11.3. The summed E-state index contributed by atoms with van der Waals surface area (Å²) in [6, 6.07) is 3.86. The van der Waals surface area contributed by atoms with Gasteiger partial charge in [-0.3, -0.25) is 9.78 Å². The molecule has 0 saturated heterocycles. The normalized spacial score (nSPS) is 10.4. The van der Waals surface area contributed by atoms with Crippen LogP contribution in [-0.4, -0.2) is 21.6 Å². The van der Waals surface area contributed by atoms with Crippen LogP contribution in [-0.2, 0) is 0 Å². The number of aryl methyl sites for hydroxylation is 1. The molecule has 0 fully saturated rings. The van der Waals surface area contributed by atoms with Gasteiger partial charge in [0.15, 0.2) is 5.78 Å². The topological polar surface area (TPSA) is 42.9 Å². The van der Waals surface area contributed by atoms with E-state index in [1.165, 1.54) is 11.3 Å². The van der Waals surface area contributed by atoms with Gasteiger partial charge in [0.2, 0.25) is 0 Å². The molecule has 82 valence electrons. The molecular weight excluding hydrogens is 244 g/mol. The third-order valence-corrected chi connectivity index (χ3v) is 3.15. The molecule has 0 aliphatic carbocycles. The van der Waals surface area contributed by atoms with Gasteiger partial charge in [0.1, 0.15) is 10.7 Å². The Morgan fingerprint density at radius 2 is 2.38 bits per heavy atom. The van der Waals surface area contributed by atoms with Crippen LogP contribution in [0, 0.1) is 6.92 Å². The van der Waals surface area contributed by atoms with Crippen LogP contribution in [0.15, 0.2) is 23.7 Å². The van der Waals surface area contributed by atoms with Gasteiger partial charge in [0.05, 0.1) is 11.6 Å². The molecule has 0 atom stereocenters. The number of aromatic nitrogens is 2. The quantitative estimate of drug-likeness (QED) is 0.623. The van der Waals surface area contributed by atoms with Crippen LogP contribution in [0.25, 0.3) is 10.7 Å². The van der Waals surface area contributed by atoms with Crippen molar-refractivity contribution in [1.82, 2.24) is 9.97 Å². The number of halogens is 1. The molecule has 0 aliphatic rings. The number of thiazole rings is 1. The van der Waals surface area contributed by atoms with Gasteiger partial charge in [-0.25, -0.2) is 4.98 Å². The second-order valence-corrected chi connectivity index (χ2v) is 4.44. The lowest BCUT2D eigenvalue weighted by Crippen LogP contribution is -2.00. The molecule has 0 radical (unpaired) electrons. The fraction of sp³-hybridized carbons (Fsp3) is 0.182. The highest BCUT2D eigenvalue weighted by Crippen LogP contribution is 2.22. The zero-order valence-electron chi connectivity index (χ0n) is 8.61. The lowest BCUT2D eigenvalue weighted by molar-refractivity contribution is 0.101. The molecule has 0 bridgehead atoms. The summed E-state index contributed by atoms with van der Waals surface area (Å²) in [6.45, 7) is 1.99. The van der Waals surface area contributed by atoms with E-state index in [-0.39, 0.29) is 11.7 Å². The molecule has 5 heteroatoms. The van der Waals surface area contributed by atoms with Crippen molar-refractivity contribution in [3.05, 3.63) is 35.0 Å². The highest BCUT2D eigenvalue weighted by Gasteiger charge is 2.11. The minimum absolute atomic E-state index is 0.0373. The van der Waals surface area contributed by atoms with Gasteiger partial charge >= 0.3 is 0 Å². The number of alkyl halides is 1. The highest BCUT2D eigenvalue weighted by atomic mass is 35.5. The summed E-state index contributed by atoms with van der Waals surface area (Å²) in [5.41, 5.74) is 2.32. The van der Waals surface area contributed by atoms with Crippen LogP contribution in [0.4, 0.5) is 0 Å². The molecule has 2 heterocycles. The molecule has 2 aromatic rings. The zero-order valence-corrected chi connectivity index (χ0v) is 10.2. The lowest BCUT2D eigenvalue weighted by atomic mass is 10.2. The first-order chi connectivity index (χ1) is 7.70. The van der Waals surface area contributed by atoms with E-state index in [0.29, 0.717) is 5.69 Å². The number of pyridine rings is 1. The lowest BCUT2D eigenvalue weighted by Gasteiger charge is -1.96. The summed E-state index contributed by atoms with van der Waals surface area (Å²) in [4.78, 5) is 19.7. The van der Waals surface area contributed by atoms with Crippen molar-refractivity contribution >= 4 is 28.7 Å². The number of rotatable bonds is 3. The van der Waals surface area contributed by atoms with E-state index in [1.807, 2.05) is 19.1 Å². The Labute approximate surface area is 102 Å². The third kappa shape index (κ3) is 2.28. The fourth-order valence-corrected chi connectivity index (χ4v) is 2.17. The number of Topliss-reactive ketones (excluding diaryl/α,β-unsaturated/α-hetero) is 1. The number of hydrogen-bond acceptors (Lipinski definition) is 4. The predicted octanol–water partition coefficient (Wildman–Crippen LogP) is 2.94. The number of carbonyl (C=O) groups excluding carboxylic acids is 1. The highest BCUT2D eigenvalue weighted by molar-refractivity contribution is 7.13. The number of ketones is 1. The fourth-order valence-electron chi connectivity index (χ4n) is 1.24. The maximum Gasteiger partial charge on any atom is 0.196 e. The van der Waals surface area contributed by atoms with Crippen molar-refractivity contribution in [2.45, 2.75) is 6.92 Å². The van der Waals surface area contributed by atoms with Crippen LogP contribution >= 0.6 is 22.9 Å². The van der Waals surface area contributed by atoms with E-state index in [4.69, 9.17) is 11.6 Å². The van der Waals surface area contributed by atoms with Crippen molar-refractivity contribution in [3.8, 4) is 10.7 Å². The summed E-state index contributed by atoms with van der Waals surface area (Å²) >= 11 is 6.87. The Hall–Kier alpha value is -1.26. The minimum atomic E-state index is -0.156. The Balaban J connectivity index is 2.35. The minimum Gasteiger partial charge on any atom is -0.291 e. The van der Waals surface area contributed by atoms with E-state index in [9.17, 15) is 4.79 Å². The zero-order chi connectivity index (χ0) is 11.5. The van der Waals surface area contributed by atoms with Crippen molar-refractivity contribution in [1.29, 1.82) is 0 Å². The Morgan fingerprint density at radius 3 is 3.06 bits per heavy atom. The molecule has 0 N–H and O–H groups in total. The number of nitrogens with zero attached hydrogens (tertiary/aromatic N) is 2. The standard InChI is InChI=1S/C11H9ClN2OS/c1-7-2-3-13-8(4-7)11-14-9(6-16-11)10(15)5-12/h2-4,6H,5H2,1H3. The first-order valence-electron chi connectivity index (χ1n) is 4.68. The number of carbonyl (C=O) groups is 1. The van der Waals surface area contributed by atoms with Crippen LogP contribution < -0.4 is 0 Å². The van der Waals surface area contributed by atoms with Gasteiger partial charge in [-0.2, -0.15) is 0 Å². The van der Waals surface area contributed by atoms with Gasteiger partial charge in [-0.05, 0) is 24.6 Å². The molecule has 16 heavy (non-hydrogen) atoms. The first-order valence-corrected chi connectivity index (χ1v) is 6.10. The summed E-state index contributed by atoms with van der Waals surface area (Å²) in [5.74, 6) is -0.193. The van der Waals surface area contributed by atoms with E-state index in [1.54, 1.807) is 11.6 Å². The number of hydrogen-bond donors (Lipinski definition) is 0. The molecule has 0 unspecified atom stereocenters. The van der Waals surface area contributed by atoms with E-state index >= 15 is 0 Å². The Kier molecular flexibility index (Phi) is 3.31. The van der Waals surface area contributed by atoms with Crippen molar-refractivity contribution in [2.75, 3.05) is 5.88 Å². The van der Waals surface area contributed by atoms with Gasteiger partial charge in [-0.1, -0.05) is 0 Å². The monoisotopic (exact) mass is 252 g/mol. The first kappa shape index (κ1) is 11.2. The van der Waals surface area contributed by atoms with Gasteiger partial charge < -0.3 is 0 Å². The molecule has 2 rings (SSSR count). The van der Waals surface area contributed by atoms with Gasteiger partial charge in [0, 0.05) is 11.6 Å². The molecule has 0 saturated carbocycles. The van der Waals surface area contributed by atoms with E-state index < -0.39 is 0 Å². The second-order valence-electron chi connectivity index (χ2n) is 3.31. The molecule has 0 aromatic carbocycles. The third-order valence-electron chi connectivity index (χ3n) is 2.05. The van der Waals surface area contributed by atoms with Crippen molar-refractivity contribution < 1.29 is 4.79 Å². The SMILES string of the molecule is Cc1ccnc(-c2nc(C(=O)CCl)cs2)c1.